The summed E-state index contributed by atoms with van der Waals surface area (Å²) < 4.78 is 1.88. The lowest BCUT2D eigenvalue weighted by molar-refractivity contribution is -0.115. The molecule has 0 fully saturated rings. The Kier molecular flexibility index (Phi) is 5.38. The van der Waals surface area contributed by atoms with E-state index in [1.165, 1.54) is 17.3 Å². The van der Waals surface area contributed by atoms with Crippen LogP contribution in [0.3, 0.4) is 0 Å². The summed E-state index contributed by atoms with van der Waals surface area (Å²) in [6.07, 6.45) is 3.00. The third kappa shape index (κ3) is 4.02. The fourth-order valence-corrected chi connectivity index (χ4v) is 3.32. The Hall–Kier alpha value is -2.34. The van der Waals surface area contributed by atoms with Gasteiger partial charge in [-0.1, -0.05) is 43.8 Å². The van der Waals surface area contributed by atoms with Crippen LogP contribution in [0, 0.1) is 0 Å². The quantitative estimate of drug-likeness (QED) is 0.668. The Morgan fingerprint density at radius 2 is 1.92 bits per heavy atom. The van der Waals surface area contributed by atoms with Crippen molar-refractivity contribution in [1.29, 1.82) is 0 Å². The van der Waals surface area contributed by atoms with Crippen LogP contribution in [-0.4, -0.2) is 25.8 Å². The summed E-state index contributed by atoms with van der Waals surface area (Å²) in [4.78, 5) is 12.5. The molecule has 2 heterocycles. The molecule has 25 heavy (non-hydrogen) atoms. The zero-order valence-corrected chi connectivity index (χ0v) is 15.5. The van der Waals surface area contributed by atoms with Gasteiger partial charge in [-0.2, -0.15) is 0 Å². The summed E-state index contributed by atoms with van der Waals surface area (Å²) in [5, 5.41) is 11.7. The van der Waals surface area contributed by atoms with Gasteiger partial charge in [0.2, 0.25) is 5.91 Å². The number of carbonyl (C=O) groups is 1. The minimum Gasteiger partial charge on any atom is -0.325 e. The molecule has 0 aliphatic carbocycles. The molecule has 3 aromatic rings. The number of fused-ring (bicyclic) bond motifs is 1. The average Bonchev–Trinajstić information content (AvgIpc) is 3.04. The molecule has 6 heteroatoms. The van der Waals surface area contributed by atoms with Crippen molar-refractivity contribution in [2.75, 3.05) is 5.32 Å². The lowest BCUT2D eigenvalue weighted by Crippen LogP contribution is -2.22. The number of amides is 1. The molecule has 130 valence electrons. The number of anilines is 1. The van der Waals surface area contributed by atoms with Gasteiger partial charge in [0.1, 0.15) is 0 Å². The second-order valence-corrected chi connectivity index (χ2v) is 7.40. The van der Waals surface area contributed by atoms with Crippen molar-refractivity contribution < 1.29 is 4.79 Å². The van der Waals surface area contributed by atoms with Gasteiger partial charge in [-0.05, 0) is 49.1 Å². The summed E-state index contributed by atoms with van der Waals surface area (Å²) in [7, 11) is 0. The number of benzene rings is 1. The molecule has 0 unspecified atom stereocenters. The number of hydrogen-bond acceptors (Lipinski definition) is 4. The molecule has 2 aromatic heterocycles. The topological polar surface area (TPSA) is 59.3 Å². The fourth-order valence-electron chi connectivity index (χ4n) is 2.49. The van der Waals surface area contributed by atoms with E-state index in [0.717, 1.165) is 17.8 Å². The normalized spacial score (nSPS) is 13.6. The van der Waals surface area contributed by atoms with E-state index in [4.69, 9.17) is 0 Å². The van der Waals surface area contributed by atoms with E-state index in [2.05, 4.69) is 41.5 Å². The van der Waals surface area contributed by atoms with E-state index in [-0.39, 0.29) is 11.2 Å². The second-order valence-electron chi connectivity index (χ2n) is 6.09. The Morgan fingerprint density at radius 3 is 2.64 bits per heavy atom. The maximum Gasteiger partial charge on any atom is 0.237 e. The lowest BCUT2D eigenvalue weighted by atomic mass is 9.99. The van der Waals surface area contributed by atoms with E-state index in [1.807, 2.05) is 47.9 Å². The van der Waals surface area contributed by atoms with Crippen molar-refractivity contribution in [1.82, 2.24) is 14.6 Å². The third-order valence-electron chi connectivity index (χ3n) is 4.29. The first-order valence-corrected chi connectivity index (χ1v) is 9.33. The molecule has 0 radical (unpaired) electrons. The highest BCUT2D eigenvalue weighted by molar-refractivity contribution is 8.00. The molecular formula is C19H22N4OS. The molecule has 0 saturated carbocycles. The number of rotatable bonds is 6. The summed E-state index contributed by atoms with van der Waals surface area (Å²) in [5.74, 6) is 0.481. The first-order chi connectivity index (χ1) is 12.1. The first-order valence-electron chi connectivity index (χ1n) is 8.45. The van der Waals surface area contributed by atoms with Gasteiger partial charge in [0.15, 0.2) is 10.8 Å². The lowest BCUT2D eigenvalue weighted by Gasteiger charge is -2.13. The first kappa shape index (κ1) is 17.5. The average molecular weight is 354 g/mol. The van der Waals surface area contributed by atoms with Crippen LogP contribution in [0.15, 0.2) is 53.8 Å². The van der Waals surface area contributed by atoms with Crippen molar-refractivity contribution in [3.8, 4) is 0 Å². The number of hydrogen-bond donors (Lipinski definition) is 1. The summed E-state index contributed by atoms with van der Waals surface area (Å²) in [6.45, 7) is 6.25. The number of carbonyl (C=O) groups excluding carboxylic acids is 1. The summed E-state index contributed by atoms with van der Waals surface area (Å²) in [6, 6.07) is 13.8. The summed E-state index contributed by atoms with van der Waals surface area (Å²) >= 11 is 1.40. The number of nitrogens with one attached hydrogen (secondary N) is 1. The maximum absolute atomic E-state index is 12.5. The van der Waals surface area contributed by atoms with Crippen LogP contribution in [0.25, 0.3) is 5.65 Å². The van der Waals surface area contributed by atoms with Crippen LogP contribution in [0.5, 0.6) is 0 Å². The molecule has 5 nitrogen and oxygen atoms in total. The molecule has 0 spiro atoms. The molecule has 2 atom stereocenters. The van der Waals surface area contributed by atoms with Crippen LogP contribution >= 0.6 is 11.8 Å². The predicted octanol–water partition coefficient (Wildman–Crippen LogP) is 4.36. The molecule has 0 bridgehead atoms. The molecule has 3 rings (SSSR count). The van der Waals surface area contributed by atoms with E-state index in [9.17, 15) is 4.79 Å². The SMILES string of the molecule is CC[C@@H](C)c1ccc(NC(=O)[C@@H](C)Sc2nnc3ccccn23)cc1. The highest BCUT2D eigenvalue weighted by Crippen LogP contribution is 2.24. The Morgan fingerprint density at radius 1 is 1.16 bits per heavy atom. The second kappa shape index (κ2) is 7.70. The van der Waals surface area contributed by atoms with Gasteiger partial charge in [0, 0.05) is 11.9 Å². The van der Waals surface area contributed by atoms with Gasteiger partial charge < -0.3 is 5.32 Å². The molecule has 1 amide bonds. The minimum absolute atomic E-state index is 0.0472. The van der Waals surface area contributed by atoms with Gasteiger partial charge in [-0.25, -0.2) is 0 Å². The van der Waals surface area contributed by atoms with Crippen LogP contribution in [0.4, 0.5) is 5.69 Å². The molecule has 0 aliphatic heterocycles. The Balaban J connectivity index is 1.64. The minimum atomic E-state index is -0.276. The van der Waals surface area contributed by atoms with E-state index in [0.29, 0.717) is 11.1 Å². The fraction of sp³-hybridized carbons (Fsp3) is 0.316. The Bertz CT molecular complexity index is 859. The summed E-state index contributed by atoms with van der Waals surface area (Å²) in [5.41, 5.74) is 2.88. The predicted molar refractivity (Wildman–Crippen MR) is 102 cm³/mol. The number of thioether (sulfide) groups is 1. The van der Waals surface area contributed by atoms with Crippen LogP contribution in [-0.2, 0) is 4.79 Å². The molecular weight excluding hydrogens is 332 g/mol. The third-order valence-corrected chi connectivity index (χ3v) is 5.35. The molecule has 0 aliphatic rings. The van der Waals surface area contributed by atoms with Crippen molar-refractivity contribution in [3.05, 3.63) is 54.2 Å². The van der Waals surface area contributed by atoms with Gasteiger partial charge in [-0.3, -0.25) is 9.20 Å². The van der Waals surface area contributed by atoms with Crippen molar-refractivity contribution in [2.45, 2.75) is 43.5 Å². The number of aromatic nitrogens is 3. The molecule has 0 saturated heterocycles. The highest BCUT2D eigenvalue weighted by atomic mass is 32.2. The van der Waals surface area contributed by atoms with Gasteiger partial charge >= 0.3 is 0 Å². The Labute approximate surface area is 151 Å². The van der Waals surface area contributed by atoms with E-state index in [1.54, 1.807) is 0 Å². The smallest absolute Gasteiger partial charge is 0.237 e. The van der Waals surface area contributed by atoms with Crippen LogP contribution in [0.1, 0.15) is 38.7 Å². The molecule has 1 N–H and O–H groups in total. The number of nitrogens with zero attached hydrogens (tertiary/aromatic N) is 3. The largest absolute Gasteiger partial charge is 0.325 e. The van der Waals surface area contributed by atoms with Crippen LogP contribution < -0.4 is 5.32 Å². The zero-order chi connectivity index (χ0) is 17.8. The van der Waals surface area contributed by atoms with Crippen molar-refractivity contribution in [2.24, 2.45) is 0 Å². The van der Waals surface area contributed by atoms with Crippen molar-refractivity contribution >= 4 is 29.0 Å². The highest BCUT2D eigenvalue weighted by Gasteiger charge is 2.18. The zero-order valence-electron chi connectivity index (χ0n) is 14.6. The molecule has 1 aromatic carbocycles. The number of pyridine rings is 1. The monoisotopic (exact) mass is 354 g/mol. The van der Waals surface area contributed by atoms with Gasteiger partial charge in [-0.15, -0.1) is 10.2 Å². The van der Waals surface area contributed by atoms with Gasteiger partial charge in [0.05, 0.1) is 5.25 Å². The van der Waals surface area contributed by atoms with Gasteiger partial charge in [0.25, 0.3) is 0 Å². The van der Waals surface area contributed by atoms with Crippen molar-refractivity contribution in [3.63, 3.8) is 0 Å². The standard InChI is InChI=1S/C19H22N4OS/c1-4-13(2)15-8-10-16(11-9-15)20-18(24)14(3)25-19-22-21-17-7-5-6-12-23(17)19/h5-14H,4H2,1-3H3,(H,20,24)/t13-,14-/m1/s1. The van der Waals surface area contributed by atoms with Crippen LogP contribution in [0.2, 0.25) is 0 Å². The van der Waals surface area contributed by atoms with E-state index < -0.39 is 0 Å². The van der Waals surface area contributed by atoms with E-state index >= 15 is 0 Å². The maximum atomic E-state index is 12.5.